The maximum Gasteiger partial charge on any atom is 0.417 e. The third kappa shape index (κ3) is 5.60. The van der Waals surface area contributed by atoms with Gasteiger partial charge in [0.05, 0.1) is 16.6 Å². The second-order valence-corrected chi connectivity index (χ2v) is 12.0. The van der Waals surface area contributed by atoms with Crippen molar-refractivity contribution in [3.8, 4) is 22.3 Å². The number of aryl methyl sites for hydroxylation is 1. The van der Waals surface area contributed by atoms with Gasteiger partial charge in [0.2, 0.25) is 0 Å². The number of nitrogens with one attached hydrogen (secondary N) is 2. The minimum absolute atomic E-state index is 0.288. The largest absolute Gasteiger partial charge is 0.417 e. The van der Waals surface area contributed by atoms with E-state index in [1.807, 2.05) is 16.7 Å². The topological polar surface area (TPSA) is 33.9 Å². The molecule has 2 aliphatic heterocycles. The summed E-state index contributed by atoms with van der Waals surface area (Å²) in [5.41, 5.74) is 7.58. The van der Waals surface area contributed by atoms with Crippen LogP contribution in [0.1, 0.15) is 22.5 Å². The lowest BCUT2D eigenvalue weighted by atomic mass is 9.96. The minimum Gasteiger partial charge on any atom is -0.343 e. The molecule has 2 aliphatic rings. The highest BCUT2D eigenvalue weighted by atomic mass is 19.4. The van der Waals surface area contributed by atoms with Crippen LogP contribution in [-0.4, -0.2) is 35.3 Å². The number of fused-ring (bicyclic) bond motifs is 6. The van der Waals surface area contributed by atoms with Crippen molar-refractivity contribution in [1.29, 1.82) is 0 Å². The molecule has 0 unspecified atom stereocenters. The number of benzene rings is 4. The van der Waals surface area contributed by atoms with E-state index in [1.165, 1.54) is 33.3 Å². The van der Waals surface area contributed by atoms with Crippen molar-refractivity contribution in [2.75, 3.05) is 26.2 Å². The molecule has 4 aromatic carbocycles. The summed E-state index contributed by atoms with van der Waals surface area (Å²) in [6.07, 6.45) is -2.71. The summed E-state index contributed by atoms with van der Waals surface area (Å²) >= 11 is 0. The van der Waals surface area contributed by atoms with Crippen LogP contribution in [0, 0.1) is 12.7 Å². The van der Waals surface area contributed by atoms with Crippen LogP contribution in [0.5, 0.6) is 0 Å². The predicted octanol–water partition coefficient (Wildman–Crippen LogP) is 8.37. The minimum atomic E-state index is -4.62. The van der Waals surface area contributed by atoms with E-state index in [2.05, 4.69) is 70.7 Å². The number of nitrogens with zero attached hydrogens (tertiary/aromatic N) is 2. The Morgan fingerprint density at radius 3 is 1.76 bits per heavy atom. The Morgan fingerprint density at radius 2 is 1.15 bits per heavy atom. The molecule has 0 amide bonds. The number of alkyl halides is 3. The standard InChI is InChI=1S/C19H16F4N2.C19H20N2/c20-16-6-2-5-15(19(21,22)23)17(16)14-4-1-3-12-11-13-7-8-24-9-10-25(13)18(12)14;1-14-5-2-3-7-17(14)18-8-4-6-15-13-16-9-10-20-11-12-21(16)19(15)18/h1-6,11,24H,7-10H2;2-8,13,20H,9-12H2,1H3. The molecule has 0 aliphatic carbocycles. The second kappa shape index (κ2) is 12.4. The third-order valence-corrected chi connectivity index (χ3v) is 9.18. The van der Waals surface area contributed by atoms with Gasteiger partial charge in [0.15, 0.2) is 0 Å². The Bertz CT molecular complexity index is 2030. The number of hydrogen-bond donors (Lipinski definition) is 2. The molecule has 2 N–H and O–H groups in total. The molecule has 6 aromatic rings. The lowest BCUT2D eigenvalue weighted by Crippen LogP contribution is -2.17. The zero-order chi connectivity index (χ0) is 31.8. The molecule has 0 fully saturated rings. The Hall–Kier alpha value is -4.40. The fourth-order valence-electron chi connectivity index (χ4n) is 7.08. The molecule has 0 bridgehead atoms. The predicted molar refractivity (Wildman–Crippen MR) is 178 cm³/mol. The highest BCUT2D eigenvalue weighted by molar-refractivity contribution is 5.97. The van der Waals surface area contributed by atoms with Crippen molar-refractivity contribution in [3.05, 3.63) is 119 Å². The van der Waals surface area contributed by atoms with E-state index in [4.69, 9.17) is 0 Å². The van der Waals surface area contributed by atoms with Gasteiger partial charge in [-0.3, -0.25) is 0 Å². The van der Waals surface area contributed by atoms with Gasteiger partial charge in [-0.1, -0.05) is 66.7 Å². The average molecular weight is 625 g/mol. The first-order valence-corrected chi connectivity index (χ1v) is 15.9. The van der Waals surface area contributed by atoms with E-state index in [0.29, 0.717) is 12.1 Å². The lowest BCUT2D eigenvalue weighted by Gasteiger charge is -2.16. The Kier molecular flexibility index (Phi) is 8.17. The normalized spacial score (nSPS) is 15.1. The average Bonchev–Trinajstić information content (AvgIpc) is 3.36. The monoisotopic (exact) mass is 624 g/mol. The Balaban J connectivity index is 0.000000149. The summed E-state index contributed by atoms with van der Waals surface area (Å²) in [6, 6.07) is 27.9. The molecule has 0 saturated heterocycles. The summed E-state index contributed by atoms with van der Waals surface area (Å²) in [7, 11) is 0. The van der Waals surface area contributed by atoms with Crippen molar-refractivity contribution in [3.63, 3.8) is 0 Å². The van der Waals surface area contributed by atoms with Crippen LogP contribution in [-0.2, 0) is 32.1 Å². The van der Waals surface area contributed by atoms with Gasteiger partial charge < -0.3 is 19.8 Å². The number of para-hydroxylation sites is 2. The second-order valence-electron chi connectivity index (χ2n) is 12.0. The van der Waals surface area contributed by atoms with Crippen molar-refractivity contribution in [2.24, 2.45) is 0 Å². The molecule has 0 spiro atoms. The Labute approximate surface area is 265 Å². The molecule has 46 heavy (non-hydrogen) atoms. The highest BCUT2D eigenvalue weighted by Crippen LogP contribution is 2.41. The zero-order valence-electron chi connectivity index (χ0n) is 25.7. The van der Waals surface area contributed by atoms with Gasteiger partial charge in [0.25, 0.3) is 0 Å². The van der Waals surface area contributed by atoms with E-state index in [-0.39, 0.29) is 11.1 Å². The first-order chi connectivity index (χ1) is 22.3. The van der Waals surface area contributed by atoms with Gasteiger partial charge in [-0.15, -0.1) is 0 Å². The fourth-order valence-corrected chi connectivity index (χ4v) is 7.08. The van der Waals surface area contributed by atoms with Gasteiger partial charge >= 0.3 is 6.18 Å². The molecule has 4 heterocycles. The fraction of sp³-hybridized carbons (Fsp3) is 0.263. The van der Waals surface area contributed by atoms with E-state index in [1.54, 1.807) is 12.1 Å². The molecule has 8 rings (SSSR count). The summed E-state index contributed by atoms with van der Waals surface area (Å²) in [5.74, 6) is -0.857. The first-order valence-electron chi connectivity index (χ1n) is 15.9. The molecule has 0 saturated carbocycles. The quantitative estimate of drug-likeness (QED) is 0.190. The van der Waals surface area contributed by atoms with Gasteiger partial charge in [-0.25, -0.2) is 4.39 Å². The summed E-state index contributed by atoms with van der Waals surface area (Å²) < 4.78 is 59.4. The van der Waals surface area contributed by atoms with Crippen molar-refractivity contribution < 1.29 is 17.6 Å². The highest BCUT2D eigenvalue weighted by Gasteiger charge is 2.35. The van der Waals surface area contributed by atoms with Gasteiger partial charge in [0, 0.05) is 91.0 Å². The maximum absolute atomic E-state index is 14.5. The molecular weight excluding hydrogens is 588 g/mol. The molecule has 8 heteroatoms. The molecule has 0 atom stereocenters. The number of rotatable bonds is 2. The van der Waals surface area contributed by atoms with Gasteiger partial charge in [0.1, 0.15) is 5.82 Å². The maximum atomic E-state index is 14.5. The molecule has 2 aromatic heterocycles. The van der Waals surface area contributed by atoms with E-state index in [9.17, 15) is 17.6 Å². The van der Waals surface area contributed by atoms with Crippen LogP contribution in [0.3, 0.4) is 0 Å². The van der Waals surface area contributed by atoms with E-state index >= 15 is 0 Å². The smallest absolute Gasteiger partial charge is 0.343 e. The van der Waals surface area contributed by atoms with Crippen molar-refractivity contribution in [1.82, 2.24) is 19.8 Å². The van der Waals surface area contributed by atoms with Crippen LogP contribution in [0.2, 0.25) is 0 Å². The van der Waals surface area contributed by atoms with Crippen molar-refractivity contribution in [2.45, 2.75) is 39.0 Å². The Morgan fingerprint density at radius 1 is 0.609 bits per heavy atom. The zero-order valence-corrected chi connectivity index (χ0v) is 25.7. The number of aromatic nitrogens is 2. The molecule has 236 valence electrons. The lowest BCUT2D eigenvalue weighted by molar-refractivity contribution is -0.137. The third-order valence-electron chi connectivity index (χ3n) is 9.18. The van der Waals surface area contributed by atoms with Crippen LogP contribution < -0.4 is 10.6 Å². The van der Waals surface area contributed by atoms with Crippen LogP contribution in [0.15, 0.2) is 91.0 Å². The van der Waals surface area contributed by atoms with Gasteiger partial charge in [-0.2, -0.15) is 13.2 Å². The SMILES string of the molecule is Cc1ccccc1-c1cccc2cc3n(c12)CCNCC3.Fc1cccc(C(F)(F)F)c1-c1cccc2cc3n(c12)CCNCC3. The van der Waals surface area contributed by atoms with Crippen LogP contribution in [0.4, 0.5) is 17.6 Å². The van der Waals surface area contributed by atoms with Crippen LogP contribution in [0.25, 0.3) is 44.1 Å². The van der Waals surface area contributed by atoms with E-state index in [0.717, 1.165) is 74.8 Å². The van der Waals surface area contributed by atoms with E-state index < -0.39 is 17.6 Å². The molecule has 4 nitrogen and oxygen atoms in total. The molecule has 0 radical (unpaired) electrons. The van der Waals surface area contributed by atoms with Crippen LogP contribution >= 0.6 is 0 Å². The first kappa shape index (κ1) is 30.3. The summed E-state index contributed by atoms with van der Waals surface area (Å²) in [5, 5.41) is 8.98. The number of hydrogen-bond acceptors (Lipinski definition) is 2. The van der Waals surface area contributed by atoms with Gasteiger partial charge in [-0.05, 0) is 42.3 Å². The molecular formula is C38H36F4N4. The summed E-state index contributed by atoms with van der Waals surface area (Å²) in [6.45, 7) is 7.58. The summed E-state index contributed by atoms with van der Waals surface area (Å²) in [4.78, 5) is 0. The number of halogens is 4. The van der Waals surface area contributed by atoms with Crippen molar-refractivity contribution >= 4 is 21.8 Å².